The van der Waals surface area contributed by atoms with Crippen LogP contribution in [-0.4, -0.2) is 42.8 Å². The third-order valence-electron chi connectivity index (χ3n) is 2.92. The van der Waals surface area contributed by atoms with Crippen LogP contribution in [0, 0.1) is 5.92 Å². The van der Waals surface area contributed by atoms with E-state index in [2.05, 4.69) is 12.2 Å². The van der Waals surface area contributed by atoms with Gasteiger partial charge in [-0.05, 0) is 46.2 Å². The standard InChI is InChI=1S/C12H24N2O2/c1-9-8-13-7-6-10(9)14(5)11(15)16-12(2,3)4/h9-10,13H,6-8H2,1-5H3/t9-,10-/m1/s1. The number of nitrogens with one attached hydrogen (secondary N) is 1. The van der Waals surface area contributed by atoms with Gasteiger partial charge in [-0.3, -0.25) is 0 Å². The van der Waals surface area contributed by atoms with E-state index >= 15 is 0 Å². The second-order valence-electron chi connectivity index (χ2n) is 5.63. The number of nitrogens with zero attached hydrogens (tertiary/aromatic N) is 1. The Hall–Kier alpha value is -0.770. The summed E-state index contributed by atoms with van der Waals surface area (Å²) in [5.74, 6) is 0.478. The Morgan fingerprint density at radius 1 is 1.44 bits per heavy atom. The number of piperidine rings is 1. The highest BCUT2D eigenvalue weighted by Crippen LogP contribution is 2.19. The monoisotopic (exact) mass is 228 g/mol. The third kappa shape index (κ3) is 3.67. The van der Waals surface area contributed by atoms with Crippen LogP contribution in [0.4, 0.5) is 4.79 Å². The van der Waals surface area contributed by atoms with Crippen molar-refractivity contribution in [3.8, 4) is 0 Å². The van der Waals surface area contributed by atoms with Crippen LogP contribution in [0.3, 0.4) is 0 Å². The lowest BCUT2D eigenvalue weighted by molar-refractivity contribution is 0.0141. The van der Waals surface area contributed by atoms with Gasteiger partial charge in [0.15, 0.2) is 0 Å². The summed E-state index contributed by atoms with van der Waals surface area (Å²) in [6, 6.07) is 0.288. The van der Waals surface area contributed by atoms with Crippen LogP contribution in [0.15, 0.2) is 0 Å². The number of carbonyl (C=O) groups is 1. The van der Waals surface area contributed by atoms with Crippen molar-refractivity contribution in [2.45, 2.75) is 45.8 Å². The van der Waals surface area contributed by atoms with Gasteiger partial charge in [-0.2, -0.15) is 0 Å². The van der Waals surface area contributed by atoms with Gasteiger partial charge in [0.25, 0.3) is 0 Å². The molecular formula is C12H24N2O2. The first-order valence-electron chi connectivity index (χ1n) is 5.98. The molecule has 0 saturated carbocycles. The fourth-order valence-electron chi connectivity index (χ4n) is 2.04. The number of hydrogen-bond donors (Lipinski definition) is 1. The number of hydrogen-bond acceptors (Lipinski definition) is 3. The molecule has 1 amide bonds. The molecule has 2 atom stereocenters. The fraction of sp³-hybridized carbons (Fsp3) is 0.917. The number of ether oxygens (including phenoxy) is 1. The summed E-state index contributed by atoms with van der Waals surface area (Å²) in [4.78, 5) is 13.6. The Balaban J connectivity index is 2.55. The first kappa shape index (κ1) is 13.3. The molecule has 16 heavy (non-hydrogen) atoms. The normalized spacial score (nSPS) is 26.3. The highest BCUT2D eigenvalue weighted by Gasteiger charge is 2.30. The molecule has 1 fully saturated rings. The lowest BCUT2D eigenvalue weighted by Gasteiger charge is -2.37. The molecule has 0 aliphatic carbocycles. The van der Waals surface area contributed by atoms with Gasteiger partial charge in [-0.1, -0.05) is 6.92 Å². The molecule has 0 aromatic heterocycles. The molecule has 1 heterocycles. The first-order valence-corrected chi connectivity index (χ1v) is 5.98. The Kier molecular flexibility index (Phi) is 4.19. The van der Waals surface area contributed by atoms with E-state index in [4.69, 9.17) is 4.74 Å². The first-order chi connectivity index (χ1) is 7.31. The number of carbonyl (C=O) groups excluding carboxylic acids is 1. The molecule has 0 bridgehead atoms. The predicted molar refractivity (Wildman–Crippen MR) is 64.4 cm³/mol. The van der Waals surface area contributed by atoms with Crippen LogP contribution < -0.4 is 5.32 Å². The van der Waals surface area contributed by atoms with Crippen molar-refractivity contribution in [1.29, 1.82) is 0 Å². The van der Waals surface area contributed by atoms with Gasteiger partial charge in [-0.25, -0.2) is 4.79 Å². The highest BCUT2D eigenvalue weighted by molar-refractivity contribution is 5.68. The third-order valence-corrected chi connectivity index (χ3v) is 2.92. The lowest BCUT2D eigenvalue weighted by atomic mass is 9.94. The topological polar surface area (TPSA) is 41.6 Å². The molecule has 1 saturated heterocycles. The zero-order valence-corrected chi connectivity index (χ0v) is 11.0. The molecule has 1 rings (SSSR count). The summed E-state index contributed by atoms with van der Waals surface area (Å²) in [7, 11) is 1.83. The Labute approximate surface area is 98.3 Å². The summed E-state index contributed by atoms with van der Waals surface area (Å²) in [5, 5.41) is 3.33. The molecule has 1 N–H and O–H groups in total. The second kappa shape index (κ2) is 5.04. The minimum absolute atomic E-state index is 0.216. The Morgan fingerprint density at radius 2 is 2.06 bits per heavy atom. The van der Waals surface area contributed by atoms with E-state index in [0.29, 0.717) is 5.92 Å². The van der Waals surface area contributed by atoms with Crippen molar-refractivity contribution >= 4 is 6.09 Å². The maximum Gasteiger partial charge on any atom is 0.410 e. The minimum atomic E-state index is -0.415. The highest BCUT2D eigenvalue weighted by atomic mass is 16.6. The van der Waals surface area contributed by atoms with Gasteiger partial charge < -0.3 is 15.0 Å². The maximum absolute atomic E-state index is 11.9. The Bertz CT molecular complexity index is 248. The van der Waals surface area contributed by atoms with Crippen molar-refractivity contribution < 1.29 is 9.53 Å². The van der Waals surface area contributed by atoms with Crippen molar-refractivity contribution in [3.05, 3.63) is 0 Å². The lowest BCUT2D eigenvalue weighted by Crippen LogP contribution is -2.50. The van der Waals surface area contributed by atoms with E-state index in [9.17, 15) is 4.79 Å². The number of rotatable bonds is 1. The zero-order valence-electron chi connectivity index (χ0n) is 11.0. The maximum atomic E-state index is 11.9. The molecule has 4 heteroatoms. The molecular weight excluding hydrogens is 204 g/mol. The quantitative estimate of drug-likeness (QED) is 0.744. The van der Waals surface area contributed by atoms with Crippen LogP contribution in [0.25, 0.3) is 0 Å². The summed E-state index contributed by atoms with van der Waals surface area (Å²) < 4.78 is 5.37. The zero-order chi connectivity index (χ0) is 12.3. The fourth-order valence-corrected chi connectivity index (χ4v) is 2.04. The van der Waals surface area contributed by atoms with Gasteiger partial charge in [0, 0.05) is 13.1 Å². The van der Waals surface area contributed by atoms with E-state index < -0.39 is 5.60 Å². The van der Waals surface area contributed by atoms with E-state index in [1.165, 1.54) is 0 Å². The van der Waals surface area contributed by atoms with Crippen LogP contribution in [0.5, 0.6) is 0 Å². The van der Waals surface area contributed by atoms with E-state index in [1.54, 1.807) is 4.90 Å². The molecule has 0 aromatic carbocycles. The van der Waals surface area contributed by atoms with E-state index in [0.717, 1.165) is 19.5 Å². The summed E-state index contributed by atoms with van der Waals surface area (Å²) in [6.45, 7) is 9.79. The molecule has 0 unspecified atom stereocenters. The van der Waals surface area contributed by atoms with Crippen molar-refractivity contribution in [2.75, 3.05) is 20.1 Å². The molecule has 0 aromatic rings. The van der Waals surface area contributed by atoms with Gasteiger partial charge >= 0.3 is 6.09 Å². The van der Waals surface area contributed by atoms with Crippen molar-refractivity contribution in [2.24, 2.45) is 5.92 Å². The van der Waals surface area contributed by atoms with E-state index in [1.807, 2.05) is 27.8 Å². The van der Waals surface area contributed by atoms with E-state index in [-0.39, 0.29) is 12.1 Å². The number of amides is 1. The predicted octanol–water partition coefficient (Wildman–Crippen LogP) is 1.85. The van der Waals surface area contributed by atoms with Gasteiger partial charge in [0.05, 0.1) is 0 Å². The van der Waals surface area contributed by atoms with Crippen LogP contribution >= 0.6 is 0 Å². The molecule has 94 valence electrons. The summed E-state index contributed by atoms with van der Waals surface area (Å²) >= 11 is 0. The second-order valence-corrected chi connectivity index (χ2v) is 5.63. The summed E-state index contributed by atoms with van der Waals surface area (Å²) in [5.41, 5.74) is -0.415. The smallest absolute Gasteiger partial charge is 0.410 e. The average Bonchev–Trinajstić information content (AvgIpc) is 2.15. The molecule has 1 aliphatic rings. The van der Waals surface area contributed by atoms with Crippen LogP contribution in [-0.2, 0) is 4.74 Å². The summed E-state index contributed by atoms with van der Waals surface area (Å²) in [6.07, 6.45) is 0.780. The molecule has 0 radical (unpaired) electrons. The Morgan fingerprint density at radius 3 is 2.56 bits per heavy atom. The molecule has 0 spiro atoms. The van der Waals surface area contributed by atoms with Gasteiger partial charge in [-0.15, -0.1) is 0 Å². The van der Waals surface area contributed by atoms with Crippen LogP contribution in [0.1, 0.15) is 34.1 Å². The average molecular weight is 228 g/mol. The van der Waals surface area contributed by atoms with Crippen LogP contribution in [0.2, 0.25) is 0 Å². The van der Waals surface area contributed by atoms with Gasteiger partial charge in [0.2, 0.25) is 0 Å². The minimum Gasteiger partial charge on any atom is -0.444 e. The SMILES string of the molecule is C[C@@H]1CNCC[C@H]1N(C)C(=O)OC(C)(C)C. The largest absolute Gasteiger partial charge is 0.444 e. The van der Waals surface area contributed by atoms with Gasteiger partial charge in [0.1, 0.15) is 5.60 Å². The van der Waals surface area contributed by atoms with Crippen molar-refractivity contribution in [3.63, 3.8) is 0 Å². The molecule has 4 nitrogen and oxygen atoms in total. The van der Waals surface area contributed by atoms with Crippen molar-refractivity contribution in [1.82, 2.24) is 10.2 Å². The molecule has 1 aliphatic heterocycles.